The van der Waals surface area contributed by atoms with Crippen molar-refractivity contribution in [2.75, 3.05) is 31.9 Å². The molecule has 0 aliphatic heterocycles. The van der Waals surface area contributed by atoms with Crippen LogP contribution in [0.3, 0.4) is 0 Å². The van der Waals surface area contributed by atoms with E-state index in [0.29, 0.717) is 22.8 Å². The second kappa shape index (κ2) is 10.5. The van der Waals surface area contributed by atoms with Crippen LogP contribution >= 0.6 is 24.0 Å². The summed E-state index contributed by atoms with van der Waals surface area (Å²) in [4.78, 5) is 14.3. The number of amides is 1. The van der Waals surface area contributed by atoms with E-state index in [0.717, 1.165) is 13.0 Å². The fraction of sp³-hybridized carbons (Fsp3) is 0.278. The highest BCUT2D eigenvalue weighted by molar-refractivity contribution is 7.92. The van der Waals surface area contributed by atoms with Gasteiger partial charge in [0.25, 0.3) is 15.9 Å². The van der Waals surface area contributed by atoms with Gasteiger partial charge < -0.3 is 10.2 Å². The fourth-order valence-corrected chi connectivity index (χ4v) is 3.56. The van der Waals surface area contributed by atoms with Crippen molar-refractivity contribution in [2.45, 2.75) is 11.3 Å². The zero-order chi connectivity index (χ0) is 19.2. The topological polar surface area (TPSA) is 78.5 Å². The first-order valence-corrected chi connectivity index (χ1v) is 9.95. The Hall–Kier alpha value is -1.80. The van der Waals surface area contributed by atoms with Crippen molar-refractivity contribution in [2.24, 2.45) is 0 Å². The van der Waals surface area contributed by atoms with Gasteiger partial charge >= 0.3 is 0 Å². The quantitative estimate of drug-likeness (QED) is 0.628. The maximum Gasteiger partial charge on any atom is 0.261 e. The normalized spacial score (nSPS) is 11.0. The van der Waals surface area contributed by atoms with Gasteiger partial charge in [-0.1, -0.05) is 23.7 Å². The van der Waals surface area contributed by atoms with Crippen LogP contribution in [0.2, 0.25) is 5.02 Å². The Kier molecular flexibility index (Phi) is 9.05. The molecule has 9 heteroatoms. The Morgan fingerprint density at radius 2 is 1.81 bits per heavy atom. The molecule has 2 N–H and O–H groups in total. The minimum absolute atomic E-state index is 0. The number of halogens is 2. The molecule has 0 fully saturated rings. The summed E-state index contributed by atoms with van der Waals surface area (Å²) in [7, 11) is 0.105. The number of nitrogens with one attached hydrogen (secondary N) is 2. The van der Waals surface area contributed by atoms with E-state index in [9.17, 15) is 13.2 Å². The van der Waals surface area contributed by atoms with E-state index in [1.807, 2.05) is 19.0 Å². The average Bonchev–Trinajstić information content (AvgIpc) is 2.58. The Bertz CT molecular complexity index is 874. The number of nitrogens with zero attached hydrogens (tertiary/aromatic N) is 1. The molecule has 2 aromatic rings. The van der Waals surface area contributed by atoms with E-state index in [4.69, 9.17) is 11.6 Å². The van der Waals surface area contributed by atoms with Crippen LogP contribution in [0.15, 0.2) is 53.4 Å². The molecule has 1 amide bonds. The van der Waals surface area contributed by atoms with Gasteiger partial charge in [-0.3, -0.25) is 9.52 Å². The molecule has 6 nitrogen and oxygen atoms in total. The molecule has 0 aromatic heterocycles. The lowest BCUT2D eigenvalue weighted by Crippen LogP contribution is -2.27. The highest BCUT2D eigenvalue weighted by Crippen LogP contribution is 2.20. The fourth-order valence-electron chi connectivity index (χ4n) is 2.27. The van der Waals surface area contributed by atoms with Crippen LogP contribution in [0.4, 0.5) is 5.69 Å². The second-order valence-electron chi connectivity index (χ2n) is 6.06. The Morgan fingerprint density at radius 1 is 1.11 bits per heavy atom. The van der Waals surface area contributed by atoms with Crippen LogP contribution < -0.4 is 10.0 Å². The predicted octanol–water partition coefficient (Wildman–Crippen LogP) is 3.24. The van der Waals surface area contributed by atoms with Crippen LogP contribution in [0.1, 0.15) is 16.8 Å². The molecule has 0 unspecified atom stereocenters. The van der Waals surface area contributed by atoms with Gasteiger partial charge in [0, 0.05) is 17.1 Å². The lowest BCUT2D eigenvalue weighted by Gasteiger charge is -2.11. The molecular weight excluding hydrogens is 409 g/mol. The van der Waals surface area contributed by atoms with Crippen molar-refractivity contribution >= 4 is 45.6 Å². The van der Waals surface area contributed by atoms with Crippen LogP contribution in [-0.4, -0.2) is 46.4 Å². The maximum absolute atomic E-state index is 12.5. The van der Waals surface area contributed by atoms with E-state index in [1.54, 1.807) is 30.3 Å². The molecule has 0 aliphatic carbocycles. The molecule has 0 bridgehead atoms. The Morgan fingerprint density at radius 3 is 2.48 bits per heavy atom. The third-order valence-corrected chi connectivity index (χ3v) is 5.17. The summed E-state index contributed by atoms with van der Waals surface area (Å²) in [6.45, 7) is 1.38. The first kappa shape index (κ1) is 23.2. The van der Waals surface area contributed by atoms with E-state index >= 15 is 0 Å². The molecule has 2 aromatic carbocycles. The number of anilines is 1. The minimum atomic E-state index is -3.82. The molecule has 0 atom stereocenters. The number of carbonyl (C=O) groups is 1. The molecule has 2 rings (SSSR count). The molecule has 0 radical (unpaired) electrons. The third kappa shape index (κ3) is 7.38. The summed E-state index contributed by atoms with van der Waals surface area (Å²) >= 11 is 5.88. The van der Waals surface area contributed by atoms with Crippen LogP contribution in [0.5, 0.6) is 0 Å². The summed E-state index contributed by atoms with van der Waals surface area (Å²) in [5.74, 6) is -0.302. The van der Waals surface area contributed by atoms with Gasteiger partial charge in [0.15, 0.2) is 0 Å². The van der Waals surface area contributed by atoms with Crippen LogP contribution in [0.25, 0.3) is 0 Å². The van der Waals surface area contributed by atoms with Gasteiger partial charge in [0.2, 0.25) is 0 Å². The van der Waals surface area contributed by atoms with Crippen molar-refractivity contribution in [1.29, 1.82) is 0 Å². The van der Waals surface area contributed by atoms with Crippen molar-refractivity contribution in [1.82, 2.24) is 10.2 Å². The van der Waals surface area contributed by atoms with Crippen LogP contribution in [0, 0.1) is 0 Å². The zero-order valence-electron chi connectivity index (χ0n) is 15.1. The number of hydrogen-bond donors (Lipinski definition) is 2. The van der Waals surface area contributed by atoms with Crippen molar-refractivity contribution in [3.63, 3.8) is 0 Å². The van der Waals surface area contributed by atoms with Gasteiger partial charge in [-0.15, -0.1) is 12.4 Å². The summed E-state index contributed by atoms with van der Waals surface area (Å²) in [5, 5.41) is 3.22. The molecule has 0 saturated heterocycles. The average molecular weight is 432 g/mol. The van der Waals surface area contributed by atoms with Gasteiger partial charge in [0.1, 0.15) is 0 Å². The lowest BCUT2D eigenvalue weighted by atomic mass is 10.2. The highest BCUT2D eigenvalue weighted by Gasteiger charge is 2.16. The molecule has 0 saturated carbocycles. The van der Waals surface area contributed by atoms with E-state index in [1.165, 1.54) is 18.2 Å². The standard InChI is InChI=1S/C18H22ClN3O3S.ClH/c1-22(2)11-5-10-20-18(23)14-6-3-9-17(12-14)26(24,25)21-16-8-4-7-15(19)13-16;/h3-4,6-9,12-13,21H,5,10-11H2,1-2H3,(H,20,23);1H. The van der Waals surface area contributed by atoms with Crippen molar-refractivity contribution in [3.8, 4) is 0 Å². The highest BCUT2D eigenvalue weighted by atomic mass is 35.5. The smallest absolute Gasteiger partial charge is 0.261 e. The van der Waals surface area contributed by atoms with Gasteiger partial charge in [0.05, 0.1) is 10.6 Å². The number of hydrogen-bond acceptors (Lipinski definition) is 4. The monoisotopic (exact) mass is 431 g/mol. The minimum Gasteiger partial charge on any atom is -0.352 e. The van der Waals surface area contributed by atoms with E-state index in [-0.39, 0.29) is 23.2 Å². The molecule has 148 valence electrons. The number of sulfonamides is 1. The SMILES string of the molecule is CN(C)CCCNC(=O)c1cccc(S(=O)(=O)Nc2cccc(Cl)c2)c1.Cl. The van der Waals surface area contributed by atoms with E-state index in [2.05, 4.69) is 10.0 Å². The number of rotatable bonds is 8. The third-order valence-electron chi connectivity index (χ3n) is 3.55. The Labute approximate surface area is 171 Å². The van der Waals surface area contributed by atoms with Gasteiger partial charge in [-0.2, -0.15) is 0 Å². The first-order chi connectivity index (χ1) is 12.3. The molecule has 0 heterocycles. The Balaban J connectivity index is 0.00000364. The number of benzene rings is 2. The van der Waals surface area contributed by atoms with Crippen LogP contribution in [-0.2, 0) is 10.0 Å². The van der Waals surface area contributed by atoms with Crippen molar-refractivity contribution < 1.29 is 13.2 Å². The lowest BCUT2D eigenvalue weighted by molar-refractivity contribution is 0.0952. The van der Waals surface area contributed by atoms with Gasteiger partial charge in [-0.25, -0.2) is 8.42 Å². The summed E-state index contributed by atoms with van der Waals surface area (Å²) in [6.07, 6.45) is 0.813. The largest absolute Gasteiger partial charge is 0.352 e. The second-order valence-corrected chi connectivity index (χ2v) is 8.18. The molecular formula is C18H23Cl2N3O3S. The molecule has 27 heavy (non-hydrogen) atoms. The van der Waals surface area contributed by atoms with Crippen molar-refractivity contribution in [3.05, 3.63) is 59.1 Å². The van der Waals surface area contributed by atoms with Gasteiger partial charge in [-0.05, 0) is 63.5 Å². The predicted molar refractivity (Wildman–Crippen MR) is 111 cm³/mol. The summed E-state index contributed by atoms with van der Waals surface area (Å²) in [5.41, 5.74) is 0.653. The molecule has 0 aliphatic rings. The molecule has 0 spiro atoms. The van der Waals surface area contributed by atoms with E-state index < -0.39 is 10.0 Å². The first-order valence-electron chi connectivity index (χ1n) is 8.09. The maximum atomic E-state index is 12.5. The zero-order valence-corrected chi connectivity index (χ0v) is 17.5. The number of carbonyl (C=O) groups excluding carboxylic acids is 1. The summed E-state index contributed by atoms with van der Waals surface area (Å²) in [6, 6.07) is 12.3. The summed E-state index contributed by atoms with van der Waals surface area (Å²) < 4.78 is 27.5.